The predicted octanol–water partition coefficient (Wildman–Crippen LogP) is 3.86. The van der Waals surface area contributed by atoms with Crippen LogP contribution in [0.2, 0.25) is 5.02 Å². The molecule has 26 heavy (non-hydrogen) atoms. The highest BCUT2D eigenvalue weighted by Crippen LogP contribution is 2.13. The first-order chi connectivity index (χ1) is 12.7. The molecule has 0 saturated heterocycles. The molecule has 5 nitrogen and oxygen atoms in total. The molecule has 0 amide bonds. The van der Waals surface area contributed by atoms with Gasteiger partial charge in [-0.25, -0.2) is 4.98 Å². The van der Waals surface area contributed by atoms with Crippen LogP contribution in [-0.4, -0.2) is 41.5 Å². The van der Waals surface area contributed by atoms with Crippen LogP contribution in [0.15, 0.2) is 53.5 Å². The van der Waals surface area contributed by atoms with E-state index >= 15 is 0 Å². The van der Waals surface area contributed by atoms with Crippen molar-refractivity contribution in [2.24, 2.45) is 4.99 Å². The van der Waals surface area contributed by atoms with E-state index in [1.54, 1.807) is 7.05 Å². The Hall–Kier alpha value is -2.53. The van der Waals surface area contributed by atoms with Gasteiger partial charge in [-0.2, -0.15) is 0 Å². The SMILES string of the molecule is CN=C(NCCCc1nc2ccccc2[nH]1)N(C)Cc1cccc(Cl)c1. The van der Waals surface area contributed by atoms with Crippen molar-refractivity contribution in [3.8, 4) is 0 Å². The molecule has 6 heteroatoms. The number of nitrogens with zero attached hydrogens (tertiary/aromatic N) is 3. The van der Waals surface area contributed by atoms with E-state index in [0.29, 0.717) is 0 Å². The molecule has 0 aliphatic carbocycles. The Labute approximate surface area is 159 Å². The first-order valence-electron chi connectivity index (χ1n) is 8.75. The van der Waals surface area contributed by atoms with Crippen molar-refractivity contribution < 1.29 is 0 Å². The van der Waals surface area contributed by atoms with Gasteiger partial charge < -0.3 is 15.2 Å². The molecule has 0 bridgehead atoms. The normalized spacial score (nSPS) is 11.7. The molecule has 0 radical (unpaired) electrons. The molecule has 3 aromatic rings. The summed E-state index contributed by atoms with van der Waals surface area (Å²) in [4.78, 5) is 14.4. The van der Waals surface area contributed by atoms with E-state index in [9.17, 15) is 0 Å². The number of halogens is 1. The van der Waals surface area contributed by atoms with Gasteiger partial charge in [-0.3, -0.25) is 4.99 Å². The van der Waals surface area contributed by atoms with Gasteiger partial charge in [0.1, 0.15) is 5.82 Å². The molecule has 136 valence electrons. The van der Waals surface area contributed by atoms with Gasteiger partial charge in [0.15, 0.2) is 5.96 Å². The summed E-state index contributed by atoms with van der Waals surface area (Å²) in [6.45, 7) is 1.59. The molecular formula is C20H24ClN5. The monoisotopic (exact) mass is 369 g/mol. The number of guanidine groups is 1. The number of hydrogen-bond donors (Lipinski definition) is 2. The first kappa shape index (κ1) is 18.3. The number of H-pyrrole nitrogens is 1. The average Bonchev–Trinajstić information content (AvgIpc) is 3.04. The zero-order valence-electron chi connectivity index (χ0n) is 15.2. The zero-order chi connectivity index (χ0) is 18.4. The Morgan fingerprint density at radius 3 is 2.85 bits per heavy atom. The Balaban J connectivity index is 1.47. The van der Waals surface area contributed by atoms with Gasteiger partial charge in [0.05, 0.1) is 11.0 Å². The van der Waals surface area contributed by atoms with Crippen molar-refractivity contribution in [1.29, 1.82) is 0 Å². The molecule has 0 unspecified atom stereocenters. The molecule has 0 saturated carbocycles. The van der Waals surface area contributed by atoms with Crippen molar-refractivity contribution >= 4 is 28.6 Å². The Bertz CT molecular complexity index is 854. The molecule has 1 heterocycles. The first-order valence-corrected chi connectivity index (χ1v) is 9.13. The van der Waals surface area contributed by atoms with Crippen molar-refractivity contribution in [3.63, 3.8) is 0 Å². The average molecular weight is 370 g/mol. The van der Waals surface area contributed by atoms with Crippen LogP contribution in [0.3, 0.4) is 0 Å². The summed E-state index contributed by atoms with van der Waals surface area (Å²) in [6.07, 6.45) is 1.88. The third-order valence-electron chi connectivity index (χ3n) is 4.19. The lowest BCUT2D eigenvalue weighted by atomic mass is 10.2. The summed E-state index contributed by atoms with van der Waals surface area (Å²) in [5.74, 6) is 1.89. The molecule has 0 fully saturated rings. The van der Waals surface area contributed by atoms with Crippen LogP contribution in [0, 0.1) is 0 Å². The molecule has 0 spiro atoms. The second-order valence-corrected chi connectivity index (χ2v) is 6.70. The number of aliphatic imine (C=N–C) groups is 1. The van der Waals surface area contributed by atoms with E-state index in [0.717, 1.165) is 59.3 Å². The van der Waals surface area contributed by atoms with Gasteiger partial charge >= 0.3 is 0 Å². The fraction of sp³-hybridized carbons (Fsp3) is 0.300. The van der Waals surface area contributed by atoms with E-state index < -0.39 is 0 Å². The Morgan fingerprint density at radius 1 is 1.23 bits per heavy atom. The Morgan fingerprint density at radius 2 is 2.08 bits per heavy atom. The number of aromatic amines is 1. The highest BCUT2D eigenvalue weighted by Gasteiger charge is 2.07. The van der Waals surface area contributed by atoms with Gasteiger partial charge in [-0.05, 0) is 36.2 Å². The van der Waals surface area contributed by atoms with Crippen molar-refractivity contribution in [1.82, 2.24) is 20.2 Å². The van der Waals surface area contributed by atoms with Crippen molar-refractivity contribution in [3.05, 3.63) is 64.9 Å². The van der Waals surface area contributed by atoms with Gasteiger partial charge in [0.2, 0.25) is 0 Å². The van der Waals surface area contributed by atoms with Crippen LogP contribution >= 0.6 is 11.6 Å². The third-order valence-corrected chi connectivity index (χ3v) is 4.43. The molecule has 3 rings (SSSR count). The minimum atomic E-state index is 0.754. The van der Waals surface area contributed by atoms with Crippen molar-refractivity contribution in [2.75, 3.05) is 20.6 Å². The maximum Gasteiger partial charge on any atom is 0.193 e. The molecule has 2 aromatic carbocycles. The number of hydrogen-bond acceptors (Lipinski definition) is 2. The minimum absolute atomic E-state index is 0.754. The minimum Gasteiger partial charge on any atom is -0.356 e. The van der Waals surface area contributed by atoms with E-state index in [1.165, 1.54) is 0 Å². The van der Waals surface area contributed by atoms with Crippen molar-refractivity contribution in [2.45, 2.75) is 19.4 Å². The van der Waals surface area contributed by atoms with E-state index in [4.69, 9.17) is 11.6 Å². The number of aryl methyl sites for hydroxylation is 1. The number of fused-ring (bicyclic) bond motifs is 1. The van der Waals surface area contributed by atoms with Gasteiger partial charge in [0.25, 0.3) is 0 Å². The lowest BCUT2D eigenvalue weighted by Crippen LogP contribution is -2.39. The molecule has 0 aliphatic heterocycles. The van der Waals surface area contributed by atoms with Crippen LogP contribution in [0.25, 0.3) is 11.0 Å². The highest BCUT2D eigenvalue weighted by molar-refractivity contribution is 6.30. The zero-order valence-corrected chi connectivity index (χ0v) is 15.9. The topological polar surface area (TPSA) is 56.3 Å². The van der Waals surface area contributed by atoms with Crippen LogP contribution in [-0.2, 0) is 13.0 Å². The van der Waals surface area contributed by atoms with Crippen LogP contribution in [0.1, 0.15) is 17.8 Å². The lowest BCUT2D eigenvalue weighted by molar-refractivity contribution is 0.475. The van der Waals surface area contributed by atoms with Crippen LogP contribution in [0.4, 0.5) is 0 Å². The van der Waals surface area contributed by atoms with Gasteiger partial charge in [0, 0.05) is 38.6 Å². The van der Waals surface area contributed by atoms with Crippen LogP contribution in [0.5, 0.6) is 0 Å². The summed E-state index contributed by atoms with van der Waals surface area (Å²) in [6, 6.07) is 16.0. The predicted molar refractivity (Wildman–Crippen MR) is 109 cm³/mol. The molecule has 0 aliphatic rings. The molecule has 1 aromatic heterocycles. The molecule has 2 N–H and O–H groups in total. The summed E-state index contributed by atoms with van der Waals surface area (Å²) in [7, 11) is 3.82. The molecular weight excluding hydrogens is 346 g/mol. The quantitative estimate of drug-likeness (QED) is 0.394. The van der Waals surface area contributed by atoms with Crippen LogP contribution < -0.4 is 5.32 Å². The second kappa shape index (κ2) is 8.72. The van der Waals surface area contributed by atoms with E-state index in [1.807, 2.05) is 43.4 Å². The largest absolute Gasteiger partial charge is 0.356 e. The van der Waals surface area contributed by atoms with Gasteiger partial charge in [-0.15, -0.1) is 0 Å². The third kappa shape index (κ3) is 4.76. The van der Waals surface area contributed by atoms with Gasteiger partial charge in [-0.1, -0.05) is 35.9 Å². The van der Waals surface area contributed by atoms with E-state index in [-0.39, 0.29) is 0 Å². The number of rotatable bonds is 6. The number of aromatic nitrogens is 2. The number of imidazole rings is 1. The number of nitrogens with one attached hydrogen (secondary N) is 2. The fourth-order valence-corrected chi connectivity index (χ4v) is 3.16. The maximum absolute atomic E-state index is 6.06. The van der Waals surface area contributed by atoms with E-state index in [2.05, 4.69) is 37.3 Å². The summed E-state index contributed by atoms with van der Waals surface area (Å²) >= 11 is 6.06. The smallest absolute Gasteiger partial charge is 0.193 e. The standard InChI is InChI=1S/C20H24ClN5/c1-22-20(26(2)14-15-7-5-8-16(21)13-15)23-12-6-11-19-24-17-9-3-4-10-18(17)25-19/h3-5,7-10,13H,6,11-12,14H2,1-2H3,(H,22,23)(H,24,25). The highest BCUT2D eigenvalue weighted by atomic mass is 35.5. The summed E-state index contributed by atoms with van der Waals surface area (Å²) < 4.78 is 0. The Kier molecular flexibility index (Phi) is 6.12. The maximum atomic E-state index is 6.06. The summed E-state index contributed by atoms with van der Waals surface area (Å²) in [5, 5.41) is 4.16. The fourth-order valence-electron chi connectivity index (χ4n) is 2.95. The summed E-state index contributed by atoms with van der Waals surface area (Å²) in [5.41, 5.74) is 3.27. The number of benzene rings is 2. The second-order valence-electron chi connectivity index (χ2n) is 6.26. The molecule has 0 atom stereocenters. The lowest BCUT2D eigenvalue weighted by Gasteiger charge is -2.22. The number of para-hydroxylation sites is 2.